The Morgan fingerprint density at radius 2 is 1.39 bits per heavy atom. The molecule has 0 aliphatic carbocycles. The van der Waals surface area contributed by atoms with Crippen LogP contribution in [0.4, 0.5) is 24.5 Å². The molecular weight excluding hydrogens is 413 g/mol. The standard InChI is InChI=1S/C22H15F3N2O4/c1-12(28)31-16-4-2-3-13(11-16)21(29)26-14-5-7-15(8-6-14)27-22(30)17-9-10-18(23)20(25)19(17)24/h2-11H,1H3,(H,26,29)(H,27,30). The van der Waals surface area contributed by atoms with Crippen LogP contribution >= 0.6 is 0 Å². The second kappa shape index (κ2) is 9.12. The van der Waals surface area contributed by atoms with Crippen molar-refractivity contribution in [2.24, 2.45) is 0 Å². The number of benzene rings is 3. The van der Waals surface area contributed by atoms with Gasteiger partial charge in [0.1, 0.15) is 5.75 Å². The largest absolute Gasteiger partial charge is 0.427 e. The highest BCUT2D eigenvalue weighted by atomic mass is 19.2. The average Bonchev–Trinajstić information content (AvgIpc) is 2.73. The van der Waals surface area contributed by atoms with Crippen molar-refractivity contribution >= 4 is 29.2 Å². The van der Waals surface area contributed by atoms with Gasteiger partial charge in [-0.05, 0) is 54.6 Å². The number of anilines is 2. The van der Waals surface area contributed by atoms with Crippen LogP contribution in [0, 0.1) is 17.5 Å². The van der Waals surface area contributed by atoms with Gasteiger partial charge in [-0.1, -0.05) is 6.07 Å². The van der Waals surface area contributed by atoms with Gasteiger partial charge < -0.3 is 15.4 Å². The summed E-state index contributed by atoms with van der Waals surface area (Å²) in [6.07, 6.45) is 0. The molecule has 6 nitrogen and oxygen atoms in total. The minimum absolute atomic E-state index is 0.225. The molecule has 0 fully saturated rings. The second-order valence-electron chi connectivity index (χ2n) is 6.33. The van der Waals surface area contributed by atoms with Crippen molar-refractivity contribution in [3.05, 3.63) is 89.2 Å². The lowest BCUT2D eigenvalue weighted by molar-refractivity contribution is -0.131. The predicted molar refractivity (Wildman–Crippen MR) is 106 cm³/mol. The number of amides is 2. The van der Waals surface area contributed by atoms with Crippen LogP contribution in [0.25, 0.3) is 0 Å². The topological polar surface area (TPSA) is 84.5 Å². The molecule has 0 atom stereocenters. The Morgan fingerprint density at radius 1 is 0.774 bits per heavy atom. The molecule has 2 N–H and O–H groups in total. The van der Waals surface area contributed by atoms with Crippen molar-refractivity contribution in [2.75, 3.05) is 10.6 Å². The van der Waals surface area contributed by atoms with Crippen LogP contribution in [0.15, 0.2) is 60.7 Å². The van der Waals surface area contributed by atoms with Gasteiger partial charge in [-0.25, -0.2) is 13.2 Å². The lowest BCUT2D eigenvalue weighted by Crippen LogP contribution is -2.15. The summed E-state index contributed by atoms with van der Waals surface area (Å²) in [5.74, 6) is -6.43. The number of hydrogen-bond acceptors (Lipinski definition) is 4. The van der Waals surface area contributed by atoms with Gasteiger partial charge >= 0.3 is 5.97 Å². The lowest BCUT2D eigenvalue weighted by atomic mass is 10.1. The predicted octanol–water partition coefficient (Wildman–Crippen LogP) is 4.53. The first kappa shape index (κ1) is 21.6. The van der Waals surface area contributed by atoms with E-state index in [1.54, 1.807) is 6.07 Å². The van der Waals surface area contributed by atoms with E-state index in [0.717, 1.165) is 6.07 Å². The summed E-state index contributed by atoms with van der Waals surface area (Å²) in [6, 6.07) is 13.3. The molecular formula is C22H15F3N2O4. The number of ether oxygens (including phenoxy) is 1. The summed E-state index contributed by atoms with van der Waals surface area (Å²) in [5, 5.41) is 4.98. The van der Waals surface area contributed by atoms with Crippen molar-refractivity contribution in [1.82, 2.24) is 0 Å². The fourth-order valence-corrected chi connectivity index (χ4v) is 2.61. The third kappa shape index (κ3) is 5.27. The summed E-state index contributed by atoms with van der Waals surface area (Å²) < 4.78 is 45.0. The van der Waals surface area contributed by atoms with E-state index in [4.69, 9.17) is 4.74 Å². The summed E-state index contributed by atoms with van der Waals surface area (Å²) >= 11 is 0. The van der Waals surface area contributed by atoms with Crippen molar-refractivity contribution in [3.63, 3.8) is 0 Å². The fraction of sp³-hybridized carbons (Fsp3) is 0.0455. The Balaban J connectivity index is 1.67. The normalized spacial score (nSPS) is 10.3. The van der Waals surface area contributed by atoms with Crippen LogP contribution in [0.1, 0.15) is 27.6 Å². The van der Waals surface area contributed by atoms with Gasteiger partial charge in [-0.2, -0.15) is 0 Å². The number of hydrogen-bond donors (Lipinski definition) is 2. The molecule has 31 heavy (non-hydrogen) atoms. The van der Waals surface area contributed by atoms with E-state index in [1.807, 2.05) is 0 Å². The zero-order chi connectivity index (χ0) is 22.5. The fourth-order valence-electron chi connectivity index (χ4n) is 2.61. The van der Waals surface area contributed by atoms with Gasteiger partial charge in [0.2, 0.25) is 0 Å². The molecule has 0 bridgehead atoms. The first-order valence-electron chi connectivity index (χ1n) is 8.89. The molecule has 0 spiro atoms. The van der Waals surface area contributed by atoms with Crippen LogP contribution in [0.3, 0.4) is 0 Å². The minimum Gasteiger partial charge on any atom is -0.427 e. The van der Waals surface area contributed by atoms with Gasteiger partial charge in [0.25, 0.3) is 11.8 Å². The van der Waals surface area contributed by atoms with E-state index < -0.39 is 40.8 Å². The Morgan fingerprint density at radius 3 is 2.00 bits per heavy atom. The smallest absolute Gasteiger partial charge is 0.308 e. The molecule has 0 unspecified atom stereocenters. The van der Waals surface area contributed by atoms with Crippen molar-refractivity contribution in [2.45, 2.75) is 6.92 Å². The van der Waals surface area contributed by atoms with Crippen LogP contribution in [0.2, 0.25) is 0 Å². The van der Waals surface area contributed by atoms with Crippen LogP contribution < -0.4 is 15.4 Å². The molecule has 0 aliphatic heterocycles. The summed E-state index contributed by atoms with van der Waals surface area (Å²) in [5.41, 5.74) is 0.234. The van der Waals surface area contributed by atoms with E-state index in [9.17, 15) is 27.6 Å². The highest BCUT2D eigenvalue weighted by molar-refractivity contribution is 6.06. The van der Waals surface area contributed by atoms with Crippen molar-refractivity contribution in [1.29, 1.82) is 0 Å². The summed E-state index contributed by atoms with van der Waals surface area (Å²) in [6.45, 7) is 1.24. The first-order chi connectivity index (χ1) is 14.7. The average molecular weight is 428 g/mol. The Kier molecular flexibility index (Phi) is 6.35. The monoisotopic (exact) mass is 428 g/mol. The molecule has 0 aliphatic rings. The van der Waals surface area contributed by atoms with Gasteiger partial charge in [-0.15, -0.1) is 0 Å². The van der Waals surface area contributed by atoms with Crippen LogP contribution in [0.5, 0.6) is 5.75 Å². The van der Waals surface area contributed by atoms with Gasteiger partial charge in [-0.3, -0.25) is 14.4 Å². The minimum atomic E-state index is -1.73. The Bertz CT molecular complexity index is 1160. The number of carbonyl (C=O) groups is 3. The third-order valence-corrected chi connectivity index (χ3v) is 4.04. The molecule has 158 valence electrons. The van der Waals surface area contributed by atoms with Crippen LogP contribution in [-0.2, 0) is 4.79 Å². The van der Waals surface area contributed by atoms with E-state index in [0.29, 0.717) is 11.8 Å². The number of rotatable bonds is 5. The molecule has 3 aromatic carbocycles. The zero-order valence-electron chi connectivity index (χ0n) is 16.0. The molecule has 0 heterocycles. The lowest BCUT2D eigenvalue weighted by Gasteiger charge is -2.09. The van der Waals surface area contributed by atoms with Gasteiger partial charge in [0, 0.05) is 23.9 Å². The van der Waals surface area contributed by atoms with Gasteiger partial charge in [0.05, 0.1) is 5.56 Å². The highest BCUT2D eigenvalue weighted by Gasteiger charge is 2.19. The Labute approximate surface area is 174 Å². The molecule has 0 aromatic heterocycles. The SMILES string of the molecule is CC(=O)Oc1cccc(C(=O)Nc2ccc(NC(=O)c3ccc(F)c(F)c3F)cc2)c1. The molecule has 9 heteroatoms. The van der Waals surface area contributed by atoms with E-state index in [2.05, 4.69) is 10.6 Å². The van der Waals surface area contributed by atoms with Crippen molar-refractivity contribution < 1.29 is 32.3 Å². The molecule has 0 saturated heterocycles. The van der Waals surface area contributed by atoms with E-state index >= 15 is 0 Å². The maximum Gasteiger partial charge on any atom is 0.308 e. The molecule has 2 amide bonds. The maximum atomic E-state index is 13.7. The Hall–Kier alpha value is -4.14. The van der Waals surface area contributed by atoms with Gasteiger partial charge in [0.15, 0.2) is 17.5 Å². The van der Waals surface area contributed by atoms with E-state index in [-0.39, 0.29) is 17.0 Å². The second-order valence-corrected chi connectivity index (χ2v) is 6.33. The molecule has 3 aromatic rings. The van der Waals surface area contributed by atoms with E-state index in [1.165, 1.54) is 49.4 Å². The first-order valence-corrected chi connectivity index (χ1v) is 8.89. The summed E-state index contributed by atoms with van der Waals surface area (Å²) in [4.78, 5) is 35.5. The highest BCUT2D eigenvalue weighted by Crippen LogP contribution is 2.20. The number of halogens is 3. The maximum absolute atomic E-state index is 13.7. The number of nitrogens with one attached hydrogen (secondary N) is 2. The number of esters is 1. The quantitative estimate of drug-likeness (QED) is 0.355. The molecule has 0 radical (unpaired) electrons. The zero-order valence-corrected chi connectivity index (χ0v) is 16.0. The third-order valence-electron chi connectivity index (χ3n) is 4.04. The van der Waals surface area contributed by atoms with Crippen LogP contribution in [-0.4, -0.2) is 17.8 Å². The molecule has 3 rings (SSSR count). The van der Waals surface area contributed by atoms with Crippen molar-refractivity contribution in [3.8, 4) is 5.75 Å². The number of carbonyl (C=O) groups excluding carboxylic acids is 3. The summed E-state index contributed by atoms with van der Waals surface area (Å²) in [7, 11) is 0. The molecule has 0 saturated carbocycles.